The molecule has 0 unspecified atom stereocenters. The van der Waals surface area contributed by atoms with Crippen molar-refractivity contribution >= 4 is 16.8 Å². The van der Waals surface area contributed by atoms with Crippen molar-refractivity contribution in [2.45, 2.75) is 25.4 Å². The van der Waals surface area contributed by atoms with Crippen molar-refractivity contribution in [3.63, 3.8) is 0 Å². The number of carbonyl (C=O) groups excluding carboxylic acids is 1. The highest BCUT2D eigenvalue weighted by Gasteiger charge is 2.33. The first-order valence-corrected chi connectivity index (χ1v) is 8.64. The smallest absolute Gasteiger partial charge is 0.270 e. The molecule has 0 saturated heterocycles. The molecule has 1 aliphatic carbocycles. The number of aromatic nitrogens is 2. The molecule has 1 amide bonds. The Hall–Kier alpha value is -3.02. The maximum Gasteiger partial charge on any atom is 0.270 e. The lowest BCUT2D eigenvalue weighted by atomic mass is 10.2. The van der Waals surface area contributed by atoms with Gasteiger partial charge in [0, 0.05) is 36.4 Å². The molecule has 134 valence electrons. The molecule has 0 spiro atoms. The molecule has 6 heteroatoms. The Morgan fingerprint density at radius 2 is 2.12 bits per heavy atom. The Balaban J connectivity index is 1.67. The molecule has 4 rings (SSSR count). The van der Waals surface area contributed by atoms with Gasteiger partial charge in [0.25, 0.3) is 5.91 Å². The normalized spacial score (nSPS) is 13.6. The monoisotopic (exact) mass is 351 g/mol. The van der Waals surface area contributed by atoms with Crippen molar-refractivity contribution in [3.8, 4) is 11.5 Å². The molecule has 3 aromatic rings. The number of methoxy groups -OCH3 is 2. The van der Waals surface area contributed by atoms with Gasteiger partial charge in [-0.05, 0) is 36.6 Å². The van der Waals surface area contributed by atoms with Crippen LogP contribution in [0.1, 0.15) is 28.9 Å². The van der Waals surface area contributed by atoms with Gasteiger partial charge in [-0.3, -0.25) is 9.78 Å². The Morgan fingerprint density at radius 1 is 1.27 bits per heavy atom. The summed E-state index contributed by atoms with van der Waals surface area (Å²) in [5, 5.41) is 0.890. The van der Waals surface area contributed by atoms with Gasteiger partial charge < -0.3 is 19.4 Å². The third-order valence-corrected chi connectivity index (χ3v) is 4.68. The van der Waals surface area contributed by atoms with Crippen molar-refractivity contribution in [3.05, 3.63) is 54.0 Å². The van der Waals surface area contributed by atoms with Crippen LogP contribution < -0.4 is 9.47 Å². The number of nitrogens with one attached hydrogen (secondary N) is 1. The number of nitrogens with zero attached hydrogens (tertiary/aromatic N) is 2. The molecular formula is C20H21N3O3. The predicted molar refractivity (Wildman–Crippen MR) is 98.5 cm³/mol. The van der Waals surface area contributed by atoms with E-state index in [9.17, 15) is 4.79 Å². The fourth-order valence-electron chi connectivity index (χ4n) is 3.17. The number of H-pyrrole nitrogens is 1. The molecule has 0 radical (unpaired) electrons. The molecule has 1 saturated carbocycles. The van der Waals surface area contributed by atoms with Gasteiger partial charge in [-0.2, -0.15) is 0 Å². The van der Waals surface area contributed by atoms with E-state index in [1.54, 1.807) is 26.5 Å². The maximum atomic E-state index is 13.2. The van der Waals surface area contributed by atoms with E-state index >= 15 is 0 Å². The van der Waals surface area contributed by atoms with Gasteiger partial charge in [-0.15, -0.1) is 0 Å². The van der Waals surface area contributed by atoms with Crippen molar-refractivity contribution in [2.75, 3.05) is 14.2 Å². The average Bonchev–Trinajstić information content (AvgIpc) is 3.43. The summed E-state index contributed by atoms with van der Waals surface area (Å²) < 4.78 is 10.7. The fraction of sp³-hybridized carbons (Fsp3) is 0.300. The van der Waals surface area contributed by atoms with Gasteiger partial charge in [0.1, 0.15) is 17.2 Å². The molecule has 1 aromatic carbocycles. The largest absolute Gasteiger partial charge is 0.497 e. The van der Waals surface area contributed by atoms with Crippen molar-refractivity contribution in [1.29, 1.82) is 0 Å². The second-order valence-electron chi connectivity index (χ2n) is 6.50. The topological polar surface area (TPSA) is 67.5 Å². The van der Waals surface area contributed by atoms with Crippen molar-refractivity contribution in [2.24, 2.45) is 0 Å². The molecule has 2 aromatic heterocycles. The van der Waals surface area contributed by atoms with Gasteiger partial charge in [-0.1, -0.05) is 6.07 Å². The van der Waals surface area contributed by atoms with E-state index in [4.69, 9.17) is 9.47 Å². The number of rotatable bonds is 6. The van der Waals surface area contributed by atoms with E-state index in [0.29, 0.717) is 29.8 Å². The van der Waals surface area contributed by atoms with Crippen molar-refractivity contribution in [1.82, 2.24) is 14.9 Å². The molecular weight excluding hydrogens is 330 g/mol. The molecule has 0 bridgehead atoms. The first kappa shape index (κ1) is 16.4. The van der Waals surface area contributed by atoms with Crippen LogP contribution in [0.25, 0.3) is 10.9 Å². The second-order valence-corrected chi connectivity index (χ2v) is 6.50. The molecule has 2 heterocycles. The molecule has 0 atom stereocenters. The summed E-state index contributed by atoms with van der Waals surface area (Å²) in [4.78, 5) is 22.5. The van der Waals surface area contributed by atoms with Crippen LogP contribution in [-0.4, -0.2) is 41.0 Å². The summed E-state index contributed by atoms with van der Waals surface area (Å²) in [6, 6.07) is 9.75. The van der Waals surface area contributed by atoms with Crippen LogP contribution in [0.2, 0.25) is 0 Å². The third kappa shape index (κ3) is 3.10. The number of amides is 1. The lowest BCUT2D eigenvalue weighted by Gasteiger charge is -2.21. The number of benzene rings is 1. The third-order valence-electron chi connectivity index (χ3n) is 4.68. The Bertz CT molecular complexity index is 932. The second kappa shape index (κ2) is 6.71. The van der Waals surface area contributed by atoms with E-state index in [-0.39, 0.29) is 5.91 Å². The molecule has 1 aliphatic rings. The zero-order valence-corrected chi connectivity index (χ0v) is 14.9. The standard InChI is InChI=1S/C20H21N3O3/c1-25-16-8-14-9-17(22-19(14)18(10-16)26-2)20(24)23(15-5-6-15)12-13-4-3-7-21-11-13/h3-4,7-11,15,22H,5-6,12H2,1-2H3. The van der Waals surface area contributed by atoms with Crippen LogP contribution in [0.15, 0.2) is 42.7 Å². The summed E-state index contributed by atoms with van der Waals surface area (Å²) in [6.07, 6.45) is 5.64. The highest BCUT2D eigenvalue weighted by atomic mass is 16.5. The lowest BCUT2D eigenvalue weighted by Crippen LogP contribution is -2.32. The van der Waals surface area contributed by atoms with Gasteiger partial charge >= 0.3 is 0 Å². The average molecular weight is 351 g/mol. The van der Waals surface area contributed by atoms with Crippen LogP contribution in [0.3, 0.4) is 0 Å². The quantitative estimate of drug-likeness (QED) is 0.739. The van der Waals surface area contributed by atoms with Crippen LogP contribution in [0, 0.1) is 0 Å². The molecule has 0 aliphatic heterocycles. The van der Waals surface area contributed by atoms with Gasteiger partial charge in [-0.25, -0.2) is 0 Å². The summed E-state index contributed by atoms with van der Waals surface area (Å²) in [7, 11) is 3.22. The minimum absolute atomic E-state index is 0.00595. The number of fused-ring (bicyclic) bond motifs is 1. The highest BCUT2D eigenvalue weighted by Crippen LogP contribution is 2.33. The highest BCUT2D eigenvalue weighted by molar-refractivity contribution is 6.00. The summed E-state index contributed by atoms with van der Waals surface area (Å²) in [6.45, 7) is 0.563. The molecule has 1 fully saturated rings. The van der Waals surface area contributed by atoms with Crippen LogP contribution in [0.5, 0.6) is 11.5 Å². The zero-order chi connectivity index (χ0) is 18.1. The Labute approximate surface area is 151 Å². The van der Waals surface area contributed by atoms with Crippen LogP contribution in [0.4, 0.5) is 0 Å². The first-order valence-electron chi connectivity index (χ1n) is 8.64. The van der Waals surface area contributed by atoms with E-state index in [2.05, 4.69) is 9.97 Å². The first-order chi connectivity index (χ1) is 12.7. The molecule has 6 nitrogen and oxygen atoms in total. The van der Waals surface area contributed by atoms with Gasteiger partial charge in [0.2, 0.25) is 0 Å². The van der Waals surface area contributed by atoms with Crippen molar-refractivity contribution < 1.29 is 14.3 Å². The zero-order valence-electron chi connectivity index (χ0n) is 14.9. The van der Waals surface area contributed by atoms with E-state index in [1.807, 2.05) is 35.4 Å². The number of carbonyl (C=O) groups is 1. The number of hydrogen-bond acceptors (Lipinski definition) is 4. The minimum atomic E-state index is -0.00595. The number of pyridine rings is 1. The van der Waals surface area contributed by atoms with E-state index < -0.39 is 0 Å². The SMILES string of the molecule is COc1cc(OC)c2[nH]c(C(=O)N(Cc3cccnc3)C3CC3)cc2c1. The molecule has 26 heavy (non-hydrogen) atoms. The predicted octanol–water partition coefficient (Wildman–Crippen LogP) is 3.38. The Kier molecular flexibility index (Phi) is 4.24. The Morgan fingerprint density at radius 3 is 2.77 bits per heavy atom. The summed E-state index contributed by atoms with van der Waals surface area (Å²) in [5.74, 6) is 1.35. The minimum Gasteiger partial charge on any atom is -0.497 e. The number of ether oxygens (including phenoxy) is 2. The number of hydrogen-bond donors (Lipinski definition) is 1. The van der Waals surface area contributed by atoms with E-state index in [0.717, 1.165) is 29.3 Å². The van der Waals surface area contributed by atoms with E-state index in [1.165, 1.54) is 0 Å². The fourth-order valence-corrected chi connectivity index (χ4v) is 3.17. The maximum absolute atomic E-state index is 13.2. The van der Waals surface area contributed by atoms with Gasteiger partial charge in [0.15, 0.2) is 0 Å². The lowest BCUT2D eigenvalue weighted by molar-refractivity contribution is 0.0725. The summed E-state index contributed by atoms with van der Waals surface area (Å²) >= 11 is 0. The summed E-state index contributed by atoms with van der Waals surface area (Å²) in [5.41, 5.74) is 2.39. The van der Waals surface area contributed by atoms with Gasteiger partial charge in [0.05, 0.1) is 19.7 Å². The van der Waals surface area contributed by atoms with Crippen LogP contribution >= 0.6 is 0 Å². The number of aromatic amines is 1. The van der Waals surface area contributed by atoms with Crippen LogP contribution in [-0.2, 0) is 6.54 Å². The molecule has 1 N–H and O–H groups in total.